The van der Waals surface area contributed by atoms with Crippen molar-refractivity contribution in [3.05, 3.63) is 0 Å². The van der Waals surface area contributed by atoms with E-state index in [0.717, 1.165) is 0 Å². The van der Waals surface area contributed by atoms with Crippen LogP contribution in [0.3, 0.4) is 0 Å². The van der Waals surface area contributed by atoms with Crippen molar-refractivity contribution < 1.29 is 0 Å². The zero-order valence-electron chi connectivity index (χ0n) is 9.99. The monoisotopic (exact) mass is 510 g/mol. The average molecular weight is 510 g/mol. The van der Waals surface area contributed by atoms with E-state index in [-0.39, 0.29) is 159 Å². The van der Waals surface area contributed by atoms with Gasteiger partial charge >= 0.3 is 0 Å². The minimum atomic E-state index is 0. The molecule has 0 heterocycles. The molecule has 0 spiro atoms. The zero-order valence-corrected chi connectivity index (χ0v) is 30.0. The van der Waals surface area contributed by atoms with Crippen molar-refractivity contribution in [3.8, 4) is 0 Å². The third kappa shape index (κ3) is 174. The molecule has 0 aromatic heterocycles. The molecule has 15 heteroatoms. The fraction of sp³-hybridized carbons (Fsp3) is 0. The van der Waals surface area contributed by atoms with E-state index >= 15 is 0 Å². The first-order valence-electron chi connectivity index (χ1n) is 0. The Kier molecular flexibility index (Phi) is 2900. The lowest BCUT2D eigenvalue weighted by Crippen LogP contribution is 0.647. The molecule has 12 atom stereocenters. The van der Waals surface area contributed by atoms with Crippen LogP contribution in [0.25, 0.3) is 0 Å². The van der Waals surface area contributed by atoms with Crippen molar-refractivity contribution in [2.45, 2.75) is 0 Å². The molecule has 0 aromatic carbocycles. The van der Waals surface area contributed by atoms with Gasteiger partial charge in [0.2, 0.25) is 0 Å². The minimum absolute atomic E-state index is 0. The summed E-state index contributed by atoms with van der Waals surface area (Å²) in [5.41, 5.74) is 0. The number of hydrogen-bond donors (Lipinski definition) is 0. The van der Waals surface area contributed by atoms with Gasteiger partial charge in [-0.15, -0.1) is 0 Å². The summed E-state index contributed by atoms with van der Waals surface area (Å²) in [7, 11) is 0. The molecule has 0 bridgehead atoms. The largest absolute Gasteiger partial charge is 0.197 e. The summed E-state index contributed by atoms with van der Waals surface area (Å²) < 4.78 is 0. The standard InChI is InChI=1S/12H3P.3H2S/h12*1H3;3*1H2. The van der Waals surface area contributed by atoms with E-state index in [1.807, 2.05) is 0 Å². The van der Waals surface area contributed by atoms with Gasteiger partial charge in [-0.25, -0.2) is 0 Å². The molecule has 0 fully saturated rings. The van der Waals surface area contributed by atoms with Gasteiger partial charge in [-0.3, -0.25) is 0 Å². The Morgan fingerprint density at radius 1 is 0.133 bits per heavy atom. The molecule has 0 rings (SSSR count). The summed E-state index contributed by atoms with van der Waals surface area (Å²) >= 11 is 0. The van der Waals surface area contributed by atoms with Gasteiger partial charge in [0.15, 0.2) is 0 Å². The SMILES string of the molecule is P.P.P.P.P.P.P.P.P.P.P.P.S.S.S. The maximum absolute atomic E-state index is 0. The second-order valence-corrected chi connectivity index (χ2v) is 0. The summed E-state index contributed by atoms with van der Waals surface area (Å²) in [6.07, 6.45) is 0. The van der Waals surface area contributed by atoms with Crippen molar-refractivity contribution in [1.29, 1.82) is 0 Å². The lowest BCUT2D eigenvalue weighted by molar-refractivity contribution is 6.92. The van der Waals surface area contributed by atoms with Crippen LogP contribution in [0.5, 0.6) is 0 Å². The summed E-state index contributed by atoms with van der Waals surface area (Å²) in [5.74, 6) is 0. The van der Waals surface area contributed by atoms with Crippen LogP contribution in [0.1, 0.15) is 0 Å². The molecule has 0 saturated carbocycles. The van der Waals surface area contributed by atoms with Gasteiger partial charge in [0.05, 0.1) is 0 Å². The molecule has 120 valence electrons. The normalized spacial score (nSPS) is 0. The van der Waals surface area contributed by atoms with Crippen molar-refractivity contribution >= 4 is 159 Å². The van der Waals surface area contributed by atoms with Crippen molar-refractivity contribution in [3.63, 3.8) is 0 Å². The van der Waals surface area contributed by atoms with Crippen molar-refractivity contribution in [2.24, 2.45) is 0 Å². The van der Waals surface area contributed by atoms with Gasteiger partial charge in [0, 0.05) is 0 Å². The summed E-state index contributed by atoms with van der Waals surface area (Å²) in [6.45, 7) is 0. The van der Waals surface area contributed by atoms with Crippen LogP contribution in [0.4, 0.5) is 0 Å². The molecule has 0 saturated heterocycles. The van der Waals surface area contributed by atoms with Gasteiger partial charge in [-0.1, -0.05) is 0 Å². The van der Waals surface area contributed by atoms with Crippen molar-refractivity contribution in [2.75, 3.05) is 0 Å². The summed E-state index contributed by atoms with van der Waals surface area (Å²) in [4.78, 5) is 0. The van der Waals surface area contributed by atoms with Crippen LogP contribution < -0.4 is 0 Å². The molecule has 15 heavy (non-hydrogen) atoms. The Labute approximate surface area is 158 Å². The van der Waals surface area contributed by atoms with E-state index < -0.39 is 0 Å². The Balaban J connectivity index is 0. The highest BCUT2D eigenvalue weighted by Crippen LogP contribution is 0.872. The molecule has 12 unspecified atom stereocenters. The first-order valence-corrected chi connectivity index (χ1v) is 0. The Morgan fingerprint density at radius 2 is 0.133 bits per heavy atom. The van der Waals surface area contributed by atoms with Gasteiger partial charge in [-0.05, 0) is 0 Å². The summed E-state index contributed by atoms with van der Waals surface area (Å²) in [6, 6.07) is 0. The second-order valence-electron chi connectivity index (χ2n) is 0. The highest BCUT2D eigenvalue weighted by atomic mass is 32.1. The van der Waals surface area contributed by atoms with Gasteiger partial charge in [0.1, 0.15) is 0 Å². The molecule has 0 aliphatic rings. The average Bonchev–Trinajstić information content (AvgIpc) is 0. The maximum Gasteiger partial charge on any atom is -0.153 e. The zero-order chi connectivity index (χ0) is 0. The molecule has 0 aliphatic carbocycles. The van der Waals surface area contributed by atoms with Gasteiger partial charge < -0.3 is 0 Å². The van der Waals surface area contributed by atoms with Crippen molar-refractivity contribution in [1.82, 2.24) is 0 Å². The van der Waals surface area contributed by atoms with Crippen LogP contribution in [-0.4, -0.2) is 0 Å². The van der Waals surface area contributed by atoms with Gasteiger partial charge in [0.25, 0.3) is 0 Å². The fourth-order valence-electron chi connectivity index (χ4n) is 0. The highest BCUT2D eigenvalue weighted by Gasteiger charge is -0.142. The van der Waals surface area contributed by atoms with E-state index in [4.69, 9.17) is 0 Å². The Morgan fingerprint density at radius 3 is 0.133 bits per heavy atom. The molecule has 0 amide bonds. The molecule has 0 nitrogen and oxygen atoms in total. The minimum Gasteiger partial charge on any atom is -0.197 e. The van der Waals surface area contributed by atoms with E-state index in [1.165, 1.54) is 0 Å². The molecule has 0 aromatic rings. The van der Waals surface area contributed by atoms with E-state index in [2.05, 4.69) is 0 Å². The third-order valence-electron chi connectivity index (χ3n) is 0. The molecular weight excluding hydrogens is 468 g/mol. The predicted molar refractivity (Wildman–Crippen MR) is 164 cm³/mol. The smallest absolute Gasteiger partial charge is 0.153 e. The molecule has 0 N–H and O–H groups in total. The number of rotatable bonds is 0. The van der Waals surface area contributed by atoms with Crippen LogP contribution >= 0.6 is 159 Å². The molecule has 0 aliphatic heterocycles. The topological polar surface area (TPSA) is 0 Å². The highest BCUT2D eigenvalue weighted by molar-refractivity contribution is 7.59. The second kappa shape index (κ2) is 193. The number of hydrogen-bond acceptors (Lipinski definition) is 0. The van der Waals surface area contributed by atoms with E-state index in [1.54, 1.807) is 0 Å². The van der Waals surface area contributed by atoms with E-state index in [9.17, 15) is 0 Å². The van der Waals surface area contributed by atoms with Crippen LogP contribution in [0.15, 0.2) is 0 Å². The van der Waals surface area contributed by atoms with Crippen LogP contribution in [0.2, 0.25) is 0 Å². The first kappa shape index (κ1) is 225. The Hall–Kier alpha value is 6.21. The Bertz CT molecular complexity index is 10.8. The van der Waals surface area contributed by atoms with Gasteiger partial charge in [-0.2, -0.15) is 159 Å². The maximum atomic E-state index is 0. The molecule has 0 radical (unpaired) electrons. The fourth-order valence-corrected chi connectivity index (χ4v) is 0. The summed E-state index contributed by atoms with van der Waals surface area (Å²) in [5, 5.41) is 0. The van der Waals surface area contributed by atoms with E-state index in [0.29, 0.717) is 0 Å². The predicted octanol–water partition coefficient (Wildman–Crippen LogP) is 1.04. The van der Waals surface area contributed by atoms with Crippen LogP contribution in [-0.2, 0) is 0 Å². The lowest BCUT2D eigenvalue weighted by atomic mass is 31.0. The first-order chi connectivity index (χ1) is 0. The molecular formula is H42P12S3. The van der Waals surface area contributed by atoms with Crippen LogP contribution in [0, 0.1) is 0 Å². The lowest BCUT2D eigenvalue weighted by Gasteiger charge is -0.198. The third-order valence-corrected chi connectivity index (χ3v) is 0. The quantitative estimate of drug-likeness (QED) is 0.428.